The maximum atomic E-state index is 6.49. The minimum absolute atomic E-state index is 0.899. The summed E-state index contributed by atoms with van der Waals surface area (Å²) in [7, 11) is 0. The minimum atomic E-state index is 0.899. The van der Waals surface area contributed by atoms with Crippen molar-refractivity contribution in [1.29, 1.82) is 0 Å². The molecule has 0 amide bonds. The largest absolute Gasteiger partial charge is 0.455 e. The Morgan fingerprint density at radius 2 is 0.775 bits per heavy atom. The van der Waals surface area contributed by atoms with E-state index < -0.39 is 0 Å². The average molecular weight is 905 g/mol. The number of furan rings is 1. The number of rotatable bonds is 8. The molecule has 0 N–H and O–H groups in total. The molecule has 0 aliphatic rings. The highest BCUT2D eigenvalue weighted by atomic mass is 16.3. The van der Waals surface area contributed by atoms with Crippen LogP contribution >= 0.6 is 0 Å². The smallest absolute Gasteiger partial charge is 0.143 e. The van der Waals surface area contributed by atoms with Crippen molar-refractivity contribution < 1.29 is 4.42 Å². The number of anilines is 3. The van der Waals surface area contributed by atoms with E-state index in [1.807, 2.05) is 12.1 Å². The molecule has 2 aromatic heterocycles. The first-order valence-corrected chi connectivity index (χ1v) is 24.3. The molecular formula is C68H44N2O. The van der Waals surface area contributed by atoms with Gasteiger partial charge in [-0.3, -0.25) is 0 Å². The molecule has 14 aromatic rings. The Morgan fingerprint density at radius 3 is 1.44 bits per heavy atom. The van der Waals surface area contributed by atoms with Crippen molar-refractivity contribution >= 4 is 82.4 Å². The highest BCUT2D eigenvalue weighted by Gasteiger charge is 2.20. The van der Waals surface area contributed by atoms with E-state index in [-0.39, 0.29) is 0 Å². The summed E-state index contributed by atoms with van der Waals surface area (Å²) in [5, 5.41) is 9.76. The number of aromatic nitrogens is 1. The Kier molecular flexibility index (Phi) is 9.53. The average Bonchev–Trinajstić information content (AvgIpc) is 4.00. The number of hydrogen-bond acceptors (Lipinski definition) is 2. The van der Waals surface area contributed by atoms with Gasteiger partial charge in [-0.15, -0.1) is 0 Å². The molecule has 0 saturated heterocycles. The van der Waals surface area contributed by atoms with E-state index in [0.717, 1.165) is 66.9 Å². The Hall–Kier alpha value is -9.44. The summed E-state index contributed by atoms with van der Waals surface area (Å²) >= 11 is 0. The fourth-order valence-electron chi connectivity index (χ4n) is 11.0. The van der Waals surface area contributed by atoms with Crippen molar-refractivity contribution in [2.24, 2.45) is 0 Å². The van der Waals surface area contributed by atoms with Crippen LogP contribution < -0.4 is 4.90 Å². The lowest BCUT2D eigenvalue weighted by atomic mass is 9.93. The van der Waals surface area contributed by atoms with Crippen molar-refractivity contribution in [2.45, 2.75) is 0 Å². The number of para-hydroxylation sites is 4. The first kappa shape index (κ1) is 40.6. The first-order chi connectivity index (χ1) is 35.2. The Balaban J connectivity index is 0.902. The van der Waals surface area contributed by atoms with E-state index in [0.29, 0.717) is 0 Å². The van der Waals surface area contributed by atoms with Gasteiger partial charge in [-0.1, -0.05) is 200 Å². The highest BCUT2D eigenvalue weighted by molar-refractivity contribution is 6.14. The molecule has 14 rings (SSSR count). The summed E-state index contributed by atoms with van der Waals surface area (Å²) in [6.07, 6.45) is 0. The van der Waals surface area contributed by atoms with E-state index in [1.165, 1.54) is 65.6 Å². The third-order valence-electron chi connectivity index (χ3n) is 14.4. The van der Waals surface area contributed by atoms with Crippen LogP contribution in [0.2, 0.25) is 0 Å². The fourth-order valence-corrected chi connectivity index (χ4v) is 11.0. The summed E-state index contributed by atoms with van der Waals surface area (Å²) < 4.78 is 8.94. The van der Waals surface area contributed by atoms with E-state index in [9.17, 15) is 0 Å². The standard InChI is InChI=1S/C68H44N2O/c1-2-15-45(16-3-1)49-35-42-55(66(44-49)70-64-26-11-8-21-59(64)60-22-9-12-27-65(60)70)46-29-36-51(37-30-46)69(52-38-31-47(32-39-52)56-24-14-25-62-61-23-10-13-28-67(61)71-68(56)62)53-40-33-48(34-41-53)63-43-50-17-4-5-18-54(50)57-19-6-7-20-58(57)63/h1-44H. The van der Waals surface area contributed by atoms with Crippen molar-refractivity contribution in [3.63, 3.8) is 0 Å². The summed E-state index contributed by atoms with van der Waals surface area (Å²) in [6.45, 7) is 0. The van der Waals surface area contributed by atoms with Gasteiger partial charge in [0, 0.05) is 49.7 Å². The first-order valence-electron chi connectivity index (χ1n) is 24.3. The van der Waals surface area contributed by atoms with Gasteiger partial charge in [-0.25, -0.2) is 0 Å². The molecule has 0 unspecified atom stereocenters. The van der Waals surface area contributed by atoms with Gasteiger partial charge in [0.15, 0.2) is 0 Å². The minimum Gasteiger partial charge on any atom is -0.455 e. The molecule has 3 heteroatoms. The van der Waals surface area contributed by atoms with Gasteiger partial charge < -0.3 is 13.9 Å². The predicted octanol–water partition coefficient (Wildman–Crippen LogP) is 19.1. The Morgan fingerprint density at radius 1 is 0.282 bits per heavy atom. The SMILES string of the molecule is c1ccc(-c2ccc(-c3ccc(N(c4ccc(-c5cc6ccccc6c6ccccc56)cc4)c4ccc(-c5cccc6c5oc5ccccc56)cc4)cc3)c(-n3c4ccccc4c4ccccc43)c2)cc1. The van der Waals surface area contributed by atoms with E-state index in [2.05, 4.69) is 264 Å². The lowest BCUT2D eigenvalue weighted by molar-refractivity contribution is 0.670. The van der Waals surface area contributed by atoms with Crippen molar-refractivity contribution in [2.75, 3.05) is 4.90 Å². The van der Waals surface area contributed by atoms with Gasteiger partial charge >= 0.3 is 0 Å². The zero-order chi connectivity index (χ0) is 46.8. The summed E-state index contributed by atoms with van der Waals surface area (Å²) in [6, 6.07) is 96.7. The number of fused-ring (bicyclic) bond motifs is 9. The molecule has 71 heavy (non-hydrogen) atoms. The van der Waals surface area contributed by atoms with Crippen LogP contribution in [-0.4, -0.2) is 4.57 Å². The normalized spacial score (nSPS) is 11.7. The molecule has 0 fully saturated rings. The van der Waals surface area contributed by atoms with Crippen LogP contribution in [0, 0.1) is 0 Å². The topological polar surface area (TPSA) is 21.3 Å². The van der Waals surface area contributed by atoms with Crippen LogP contribution in [0.4, 0.5) is 17.1 Å². The van der Waals surface area contributed by atoms with Crippen LogP contribution in [0.3, 0.4) is 0 Å². The lowest BCUT2D eigenvalue weighted by Gasteiger charge is -2.26. The second-order valence-electron chi connectivity index (χ2n) is 18.4. The van der Waals surface area contributed by atoms with E-state index >= 15 is 0 Å². The van der Waals surface area contributed by atoms with Gasteiger partial charge in [0.05, 0.1) is 16.7 Å². The highest BCUT2D eigenvalue weighted by Crippen LogP contribution is 2.43. The summed E-state index contributed by atoms with van der Waals surface area (Å²) in [4.78, 5) is 2.37. The monoisotopic (exact) mass is 904 g/mol. The summed E-state index contributed by atoms with van der Waals surface area (Å²) in [5.74, 6) is 0. The molecular weight excluding hydrogens is 861 g/mol. The molecule has 0 atom stereocenters. The molecule has 0 aliphatic heterocycles. The maximum Gasteiger partial charge on any atom is 0.143 e. The van der Waals surface area contributed by atoms with Crippen LogP contribution in [0.5, 0.6) is 0 Å². The Labute approximate surface area is 411 Å². The molecule has 12 aromatic carbocycles. The van der Waals surface area contributed by atoms with Crippen LogP contribution in [0.15, 0.2) is 271 Å². The van der Waals surface area contributed by atoms with E-state index in [1.54, 1.807) is 0 Å². The third kappa shape index (κ3) is 6.82. The van der Waals surface area contributed by atoms with Crippen LogP contribution in [0.1, 0.15) is 0 Å². The predicted molar refractivity (Wildman–Crippen MR) is 299 cm³/mol. The molecule has 0 aliphatic carbocycles. The van der Waals surface area contributed by atoms with Crippen LogP contribution in [0.25, 0.3) is 115 Å². The molecule has 3 nitrogen and oxygen atoms in total. The van der Waals surface area contributed by atoms with Crippen LogP contribution in [-0.2, 0) is 0 Å². The molecule has 332 valence electrons. The van der Waals surface area contributed by atoms with Gasteiger partial charge in [0.1, 0.15) is 11.2 Å². The molecule has 0 saturated carbocycles. The third-order valence-corrected chi connectivity index (χ3v) is 14.4. The summed E-state index contributed by atoms with van der Waals surface area (Å²) in [5.41, 5.74) is 17.7. The maximum absolute atomic E-state index is 6.49. The number of hydrogen-bond donors (Lipinski definition) is 0. The van der Waals surface area contributed by atoms with Gasteiger partial charge in [0.25, 0.3) is 0 Å². The van der Waals surface area contributed by atoms with Gasteiger partial charge in [0.2, 0.25) is 0 Å². The molecule has 0 spiro atoms. The quantitative estimate of drug-likeness (QED) is 0.142. The number of benzene rings is 12. The van der Waals surface area contributed by atoms with Crippen molar-refractivity contribution in [3.05, 3.63) is 267 Å². The Bertz CT molecular complexity index is 4260. The number of nitrogens with zero attached hydrogens (tertiary/aromatic N) is 2. The molecule has 0 radical (unpaired) electrons. The molecule has 0 bridgehead atoms. The zero-order valence-corrected chi connectivity index (χ0v) is 38.7. The lowest BCUT2D eigenvalue weighted by Crippen LogP contribution is -2.10. The van der Waals surface area contributed by atoms with Crippen molar-refractivity contribution in [1.82, 2.24) is 4.57 Å². The fraction of sp³-hybridized carbons (Fsp3) is 0. The van der Waals surface area contributed by atoms with E-state index in [4.69, 9.17) is 4.42 Å². The second kappa shape index (κ2) is 16.7. The molecule has 2 heterocycles. The zero-order valence-electron chi connectivity index (χ0n) is 38.7. The van der Waals surface area contributed by atoms with Gasteiger partial charge in [-0.05, 0) is 122 Å². The van der Waals surface area contributed by atoms with Crippen molar-refractivity contribution in [3.8, 4) is 50.2 Å². The second-order valence-corrected chi connectivity index (χ2v) is 18.4. The van der Waals surface area contributed by atoms with Gasteiger partial charge in [-0.2, -0.15) is 0 Å².